The normalized spacial score (nSPS) is 20.4. The van der Waals surface area contributed by atoms with Gasteiger partial charge in [0.25, 0.3) is 5.91 Å². The van der Waals surface area contributed by atoms with Gasteiger partial charge < -0.3 is 15.0 Å². The first-order valence-corrected chi connectivity index (χ1v) is 8.83. The van der Waals surface area contributed by atoms with Crippen molar-refractivity contribution in [3.8, 4) is 5.88 Å². The molecule has 1 aromatic rings. The second kappa shape index (κ2) is 6.07. The Hall–Kier alpha value is -2.11. The molecule has 2 fully saturated rings. The van der Waals surface area contributed by atoms with Crippen molar-refractivity contribution in [2.45, 2.75) is 57.7 Å². The summed E-state index contributed by atoms with van der Waals surface area (Å²) in [6, 6.07) is 2.20. The van der Waals surface area contributed by atoms with E-state index in [1.807, 2.05) is 11.0 Å². The van der Waals surface area contributed by atoms with Crippen LogP contribution in [0.5, 0.6) is 5.88 Å². The molecular formula is C18H23N3O3. The highest BCUT2D eigenvalue weighted by Gasteiger charge is 2.36. The fraction of sp³-hybridized carbons (Fsp3) is 0.611. The predicted octanol–water partition coefficient (Wildman–Crippen LogP) is 2.01. The van der Waals surface area contributed by atoms with Gasteiger partial charge in [-0.1, -0.05) is 12.8 Å². The van der Waals surface area contributed by atoms with E-state index in [1.165, 1.54) is 12.8 Å². The SMILES string of the molecule is COc1nc2c(cc1CNC(=O)C1CC1)C(=O)N(C1CCCC1)C2. The van der Waals surface area contributed by atoms with Gasteiger partial charge in [0.1, 0.15) is 0 Å². The van der Waals surface area contributed by atoms with Crippen LogP contribution in [-0.4, -0.2) is 34.8 Å². The average Bonchev–Trinajstić information content (AvgIpc) is 3.22. The third-order valence-corrected chi connectivity index (χ3v) is 5.31. The minimum absolute atomic E-state index is 0.0711. The van der Waals surface area contributed by atoms with E-state index in [9.17, 15) is 9.59 Å². The lowest BCUT2D eigenvalue weighted by atomic mass is 10.1. The van der Waals surface area contributed by atoms with E-state index in [2.05, 4.69) is 10.3 Å². The number of fused-ring (bicyclic) bond motifs is 1. The molecule has 6 nitrogen and oxygen atoms in total. The number of methoxy groups -OCH3 is 1. The highest BCUT2D eigenvalue weighted by atomic mass is 16.5. The number of hydrogen-bond donors (Lipinski definition) is 1. The first kappa shape index (κ1) is 15.4. The van der Waals surface area contributed by atoms with E-state index in [0.29, 0.717) is 30.6 Å². The monoisotopic (exact) mass is 329 g/mol. The highest BCUT2D eigenvalue weighted by Crippen LogP contribution is 2.33. The zero-order chi connectivity index (χ0) is 16.7. The Morgan fingerprint density at radius 2 is 2.08 bits per heavy atom. The Labute approximate surface area is 141 Å². The summed E-state index contributed by atoms with van der Waals surface area (Å²) in [5.74, 6) is 0.821. The molecule has 0 unspecified atom stereocenters. The van der Waals surface area contributed by atoms with Crippen LogP contribution in [0.15, 0.2) is 6.07 Å². The van der Waals surface area contributed by atoms with Crippen molar-refractivity contribution in [2.24, 2.45) is 5.92 Å². The Kier molecular flexibility index (Phi) is 3.90. The van der Waals surface area contributed by atoms with Gasteiger partial charge in [0.05, 0.1) is 24.9 Å². The lowest BCUT2D eigenvalue weighted by Crippen LogP contribution is -2.33. The van der Waals surface area contributed by atoms with Crippen LogP contribution < -0.4 is 10.1 Å². The third-order valence-electron chi connectivity index (χ3n) is 5.31. The van der Waals surface area contributed by atoms with Gasteiger partial charge >= 0.3 is 0 Å². The van der Waals surface area contributed by atoms with Gasteiger partial charge in [-0.3, -0.25) is 9.59 Å². The van der Waals surface area contributed by atoms with Crippen LogP contribution in [-0.2, 0) is 17.9 Å². The number of carbonyl (C=O) groups excluding carboxylic acids is 2. The minimum Gasteiger partial charge on any atom is -0.481 e. The van der Waals surface area contributed by atoms with Crippen LogP contribution in [0.4, 0.5) is 0 Å². The van der Waals surface area contributed by atoms with E-state index < -0.39 is 0 Å². The number of amides is 2. The molecule has 3 aliphatic rings. The van der Waals surface area contributed by atoms with Gasteiger partial charge in [-0.2, -0.15) is 0 Å². The van der Waals surface area contributed by atoms with Crippen molar-refractivity contribution in [2.75, 3.05) is 7.11 Å². The van der Waals surface area contributed by atoms with E-state index in [0.717, 1.165) is 36.9 Å². The molecule has 2 aliphatic carbocycles. The van der Waals surface area contributed by atoms with Crippen LogP contribution in [0.25, 0.3) is 0 Å². The van der Waals surface area contributed by atoms with Gasteiger partial charge in [0, 0.05) is 24.1 Å². The highest BCUT2D eigenvalue weighted by molar-refractivity contribution is 5.98. The minimum atomic E-state index is 0.0711. The lowest BCUT2D eigenvalue weighted by molar-refractivity contribution is -0.122. The molecule has 2 amide bonds. The second-order valence-electron chi connectivity index (χ2n) is 7.01. The Morgan fingerprint density at radius 3 is 2.75 bits per heavy atom. The fourth-order valence-electron chi connectivity index (χ4n) is 3.75. The van der Waals surface area contributed by atoms with Crippen LogP contribution >= 0.6 is 0 Å². The average molecular weight is 329 g/mol. The molecule has 2 saturated carbocycles. The van der Waals surface area contributed by atoms with Crippen molar-refractivity contribution in [1.29, 1.82) is 0 Å². The summed E-state index contributed by atoms with van der Waals surface area (Å²) in [5.41, 5.74) is 2.23. The van der Waals surface area contributed by atoms with Crippen molar-refractivity contribution in [1.82, 2.24) is 15.2 Å². The molecule has 0 spiro atoms. The van der Waals surface area contributed by atoms with Crippen molar-refractivity contribution >= 4 is 11.8 Å². The van der Waals surface area contributed by atoms with Crippen LogP contribution in [0.2, 0.25) is 0 Å². The van der Waals surface area contributed by atoms with E-state index in [-0.39, 0.29) is 17.7 Å². The first-order valence-electron chi connectivity index (χ1n) is 8.83. The summed E-state index contributed by atoms with van der Waals surface area (Å²) >= 11 is 0. The van der Waals surface area contributed by atoms with Crippen LogP contribution in [0, 0.1) is 5.92 Å². The largest absolute Gasteiger partial charge is 0.481 e. The number of nitrogens with zero attached hydrogens (tertiary/aromatic N) is 2. The molecule has 6 heteroatoms. The molecule has 128 valence electrons. The maximum atomic E-state index is 12.7. The quantitative estimate of drug-likeness (QED) is 0.897. The smallest absolute Gasteiger partial charge is 0.256 e. The number of nitrogens with one attached hydrogen (secondary N) is 1. The predicted molar refractivity (Wildman–Crippen MR) is 87.5 cm³/mol. The Morgan fingerprint density at radius 1 is 1.33 bits per heavy atom. The molecule has 0 bridgehead atoms. The second-order valence-corrected chi connectivity index (χ2v) is 7.01. The summed E-state index contributed by atoms with van der Waals surface area (Å²) in [5, 5.41) is 2.92. The zero-order valence-corrected chi connectivity index (χ0v) is 14.0. The van der Waals surface area contributed by atoms with Crippen LogP contribution in [0.1, 0.15) is 60.1 Å². The van der Waals surface area contributed by atoms with Crippen LogP contribution in [0.3, 0.4) is 0 Å². The molecule has 0 aromatic carbocycles. The molecule has 1 aromatic heterocycles. The molecule has 1 N–H and O–H groups in total. The first-order chi connectivity index (χ1) is 11.7. The standard InChI is InChI=1S/C18H23N3O3/c1-24-17-12(9-19-16(22)11-6-7-11)8-14-15(20-17)10-21(18(14)23)13-4-2-3-5-13/h8,11,13H,2-7,9-10H2,1H3,(H,19,22). The van der Waals surface area contributed by atoms with Gasteiger partial charge in [-0.25, -0.2) is 4.98 Å². The Bertz CT molecular complexity index is 678. The number of hydrogen-bond acceptors (Lipinski definition) is 4. The van der Waals surface area contributed by atoms with Crippen molar-refractivity contribution < 1.29 is 14.3 Å². The maximum absolute atomic E-state index is 12.7. The number of pyridine rings is 1. The van der Waals surface area contributed by atoms with Gasteiger partial charge in [0.2, 0.25) is 11.8 Å². The third kappa shape index (κ3) is 2.74. The van der Waals surface area contributed by atoms with Crippen molar-refractivity contribution in [3.05, 3.63) is 22.9 Å². The summed E-state index contributed by atoms with van der Waals surface area (Å²) in [6.45, 7) is 0.930. The molecule has 0 radical (unpaired) electrons. The summed E-state index contributed by atoms with van der Waals surface area (Å²) < 4.78 is 5.38. The molecule has 2 heterocycles. The number of aromatic nitrogens is 1. The van der Waals surface area contributed by atoms with E-state index >= 15 is 0 Å². The summed E-state index contributed by atoms with van der Waals surface area (Å²) in [6.07, 6.45) is 6.50. The fourth-order valence-corrected chi connectivity index (χ4v) is 3.75. The molecule has 1 aliphatic heterocycles. The maximum Gasteiger partial charge on any atom is 0.256 e. The van der Waals surface area contributed by atoms with Gasteiger partial charge in [-0.15, -0.1) is 0 Å². The molecular weight excluding hydrogens is 306 g/mol. The molecule has 4 rings (SSSR count). The molecule has 0 atom stereocenters. The molecule has 0 saturated heterocycles. The Balaban J connectivity index is 1.54. The number of rotatable bonds is 5. The zero-order valence-electron chi connectivity index (χ0n) is 14.0. The number of carbonyl (C=O) groups is 2. The van der Waals surface area contributed by atoms with E-state index in [1.54, 1.807) is 7.11 Å². The summed E-state index contributed by atoms with van der Waals surface area (Å²) in [7, 11) is 1.58. The van der Waals surface area contributed by atoms with E-state index in [4.69, 9.17) is 4.74 Å². The lowest BCUT2D eigenvalue weighted by Gasteiger charge is -2.22. The van der Waals surface area contributed by atoms with Gasteiger partial charge in [-0.05, 0) is 31.7 Å². The molecule has 24 heavy (non-hydrogen) atoms. The topological polar surface area (TPSA) is 71.5 Å². The van der Waals surface area contributed by atoms with Gasteiger partial charge in [0.15, 0.2) is 0 Å². The van der Waals surface area contributed by atoms with Crippen molar-refractivity contribution in [3.63, 3.8) is 0 Å². The number of ether oxygens (including phenoxy) is 1. The summed E-state index contributed by atoms with van der Waals surface area (Å²) in [4.78, 5) is 31.1.